The van der Waals surface area contributed by atoms with Gasteiger partial charge in [0.25, 0.3) is 0 Å². The number of aryl methyl sites for hydroxylation is 1. The molecule has 5 nitrogen and oxygen atoms in total. The van der Waals surface area contributed by atoms with Gasteiger partial charge in [0.1, 0.15) is 11.8 Å². The summed E-state index contributed by atoms with van der Waals surface area (Å²) in [7, 11) is 4.07. The number of nitrogens with zero attached hydrogens (tertiary/aromatic N) is 1. The molecule has 0 bridgehead atoms. The first-order valence-electron chi connectivity index (χ1n) is 8.46. The van der Waals surface area contributed by atoms with E-state index in [1.54, 1.807) is 0 Å². The highest BCUT2D eigenvalue weighted by atomic mass is 16.5. The Morgan fingerprint density at radius 2 is 1.92 bits per heavy atom. The minimum atomic E-state index is -0.703. The topological polar surface area (TPSA) is 67.6 Å². The quantitative estimate of drug-likeness (QED) is 0.725. The van der Waals surface area contributed by atoms with Crippen LogP contribution in [0.3, 0.4) is 0 Å². The molecular formula is C20H27N3O2. The lowest BCUT2D eigenvalue weighted by molar-refractivity contribution is -0.117. The molecule has 0 fully saturated rings. The fourth-order valence-electron chi connectivity index (χ4n) is 2.38. The molecule has 2 rings (SSSR count). The predicted molar refractivity (Wildman–Crippen MR) is 102 cm³/mol. The van der Waals surface area contributed by atoms with Crippen LogP contribution in [0, 0.1) is 6.92 Å². The maximum absolute atomic E-state index is 12.4. The number of carbonyl (C=O) groups is 1. The summed E-state index contributed by atoms with van der Waals surface area (Å²) in [5.74, 6) is 0.495. The fraction of sp³-hybridized carbons (Fsp3) is 0.350. The summed E-state index contributed by atoms with van der Waals surface area (Å²) < 4.78 is 5.73. The number of nitrogens with one attached hydrogen (secondary N) is 1. The Balaban J connectivity index is 1.91. The second-order valence-corrected chi connectivity index (χ2v) is 6.41. The van der Waals surface area contributed by atoms with Gasteiger partial charge in [0.2, 0.25) is 5.91 Å². The largest absolute Gasteiger partial charge is 0.493 e. The Morgan fingerprint density at radius 1 is 1.20 bits per heavy atom. The molecule has 2 aromatic rings. The number of benzene rings is 2. The molecule has 0 radical (unpaired) electrons. The second kappa shape index (κ2) is 9.20. The van der Waals surface area contributed by atoms with Gasteiger partial charge in [-0.2, -0.15) is 0 Å². The average Bonchev–Trinajstić information content (AvgIpc) is 2.59. The Hall–Kier alpha value is -2.37. The molecule has 5 heteroatoms. The zero-order chi connectivity index (χ0) is 18.2. The van der Waals surface area contributed by atoms with E-state index in [0.717, 1.165) is 29.8 Å². The van der Waals surface area contributed by atoms with Crippen LogP contribution in [-0.2, 0) is 4.79 Å². The Bertz CT molecular complexity index is 684. The fourth-order valence-corrected chi connectivity index (χ4v) is 2.38. The highest BCUT2D eigenvalue weighted by molar-refractivity contribution is 5.95. The third-order valence-electron chi connectivity index (χ3n) is 3.84. The van der Waals surface area contributed by atoms with Crippen molar-refractivity contribution >= 4 is 11.6 Å². The maximum Gasteiger partial charge on any atom is 0.245 e. The molecule has 0 aromatic heterocycles. The van der Waals surface area contributed by atoms with E-state index in [9.17, 15) is 4.79 Å². The van der Waals surface area contributed by atoms with Gasteiger partial charge in [-0.05, 0) is 45.1 Å². The molecule has 2 aromatic carbocycles. The standard InChI is InChI=1S/C20H27N3O2/c1-15-8-10-16(11-9-15)19(21)20(24)22-17-6-4-7-18(14-17)25-13-5-12-23(2)3/h4,6-11,14,19H,5,12-13,21H2,1-3H3,(H,22,24). The molecule has 3 N–H and O–H groups in total. The molecule has 1 atom stereocenters. The lowest BCUT2D eigenvalue weighted by Gasteiger charge is -2.14. The minimum Gasteiger partial charge on any atom is -0.493 e. The zero-order valence-electron chi connectivity index (χ0n) is 15.2. The van der Waals surface area contributed by atoms with E-state index in [4.69, 9.17) is 10.5 Å². The van der Waals surface area contributed by atoms with E-state index in [2.05, 4.69) is 10.2 Å². The molecule has 0 heterocycles. The number of hydrogen-bond acceptors (Lipinski definition) is 4. The molecule has 1 unspecified atom stereocenters. The van der Waals surface area contributed by atoms with Crippen molar-refractivity contribution in [1.82, 2.24) is 4.90 Å². The third kappa shape index (κ3) is 6.21. The smallest absolute Gasteiger partial charge is 0.245 e. The van der Waals surface area contributed by atoms with Crippen molar-refractivity contribution in [3.63, 3.8) is 0 Å². The first-order valence-corrected chi connectivity index (χ1v) is 8.46. The van der Waals surface area contributed by atoms with Gasteiger partial charge in [-0.3, -0.25) is 4.79 Å². The minimum absolute atomic E-state index is 0.242. The van der Waals surface area contributed by atoms with E-state index in [0.29, 0.717) is 12.3 Å². The maximum atomic E-state index is 12.4. The highest BCUT2D eigenvalue weighted by Gasteiger charge is 2.15. The highest BCUT2D eigenvalue weighted by Crippen LogP contribution is 2.19. The summed E-state index contributed by atoms with van der Waals surface area (Å²) in [4.78, 5) is 14.5. The van der Waals surface area contributed by atoms with E-state index in [1.807, 2.05) is 69.6 Å². The van der Waals surface area contributed by atoms with Crippen molar-refractivity contribution in [2.75, 3.05) is 32.6 Å². The first-order chi connectivity index (χ1) is 12.0. The molecule has 0 saturated carbocycles. The molecular weight excluding hydrogens is 314 g/mol. The van der Waals surface area contributed by atoms with Crippen LogP contribution in [0.2, 0.25) is 0 Å². The van der Waals surface area contributed by atoms with Crippen molar-refractivity contribution in [1.29, 1.82) is 0 Å². The van der Waals surface area contributed by atoms with Gasteiger partial charge < -0.3 is 20.7 Å². The van der Waals surface area contributed by atoms with Crippen molar-refractivity contribution < 1.29 is 9.53 Å². The average molecular weight is 341 g/mol. The summed E-state index contributed by atoms with van der Waals surface area (Å²) in [5.41, 5.74) is 8.66. The van der Waals surface area contributed by atoms with Crippen molar-refractivity contribution in [3.8, 4) is 5.75 Å². The van der Waals surface area contributed by atoms with Crippen LogP contribution >= 0.6 is 0 Å². The van der Waals surface area contributed by atoms with Crippen LogP contribution in [0.4, 0.5) is 5.69 Å². The number of anilines is 1. The molecule has 0 aliphatic heterocycles. The van der Waals surface area contributed by atoms with E-state index < -0.39 is 6.04 Å². The summed E-state index contributed by atoms with van der Waals surface area (Å²) >= 11 is 0. The van der Waals surface area contributed by atoms with Gasteiger partial charge in [-0.25, -0.2) is 0 Å². The lowest BCUT2D eigenvalue weighted by atomic mass is 10.1. The number of amides is 1. The van der Waals surface area contributed by atoms with Crippen LogP contribution in [0.1, 0.15) is 23.6 Å². The summed E-state index contributed by atoms with van der Waals surface area (Å²) in [6.45, 7) is 3.61. The van der Waals surface area contributed by atoms with Crippen molar-refractivity contribution in [2.45, 2.75) is 19.4 Å². The summed E-state index contributed by atoms with van der Waals surface area (Å²) in [6, 6.07) is 14.3. The van der Waals surface area contributed by atoms with Gasteiger partial charge >= 0.3 is 0 Å². The molecule has 134 valence electrons. The molecule has 0 aliphatic rings. The zero-order valence-corrected chi connectivity index (χ0v) is 15.2. The van der Waals surface area contributed by atoms with Gasteiger partial charge in [0.05, 0.1) is 6.61 Å². The van der Waals surface area contributed by atoms with Crippen LogP contribution < -0.4 is 15.8 Å². The van der Waals surface area contributed by atoms with Crippen molar-refractivity contribution in [3.05, 3.63) is 59.7 Å². The number of nitrogens with two attached hydrogens (primary N) is 1. The normalized spacial score (nSPS) is 12.0. The number of rotatable bonds is 8. The molecule has 1 amide bonds. The van der Waals surface area contributed by atoms with Crippen LogP contribution in [0.15, 0.2) is 48.5 Å². The number of ether oxygens (including phenoxy) is 1. The molecule has 0 spiro atoms. The SMILES string of the molecule is Cc1ccc(C(N)C(=O)Nc2cccc(OCCCN(C)C)c2)cc1. The summed E-state index contributed by atoms with van der Waals surface area (Å²) in [6.07, 6.45) is 0.946. The van der Waals surface area contributed by atoms with Gasteiger partial charge in [0.15, 0.2) is 0 Å². The van der Waals surface area contributed by atoms with Crippen LogP contribution in [0.25, 0.3) is 0 Å². The molecule has 0 aliphatic carbocycles. The number of carbonyl (C=O) groups excluding carboxylic acids is 1. The van der Waals surface area contributed by atoms with Gasteiger partial charge in [-0.1, -0.05) is 35.9 Å². The van der Waals surface area contributed by atoms with Crippen LogP contribution in [0.5, 0.6) is 5.75 Å². The predicted octanol–water partition coefficient (Wildman–Crippen LogP) is 2.96. The number of hydrogen-bond donors (Lipinski definition) is 2. The van der Waals surface area contributed by atoms with Gasteiger partial charge in [-0.15, -0.1) is 0 Å². The summed E-state index contributed by atoms with van der Waals surface area (Å²) in [5, 5.41) is 2.85. The second-order valence-electron chi connectivity index (χ2n) is 6.41. The first kappa shape index (κ1) is 19.0. The van der Waals surface area contributed by atoms with E-state index in [-0.39, 0.29) is 5.91 Å². The lowest BCUT2D eigenvalue weighted by Crippen LogP contribution is -2.27. The van der Waals surface area contributed by atoms with Gasteiger partial charge in [0, 0.05) is 18.3 Å². The van der Waals surface area contributed by atoms with E-state index >= 15 is 0 Å². The molecule has 0 saturated heterocycles. The Kier molecular flexibility index (Phi) is 6.98. The Morgan fingerprint density at radius 3 is 2.60 bits per heavy atom. The molecule has 25 heavy (non-hydrogen) atoms. The van der Waals surface area contributed by atoms with Crippen molar-refractivity contribution in [2.24, 2.45) is 5.73 Å². The van der Waals surface area contributed by atoms with Crippen LogP contribution in [-0.4, -0.2) is 38.1 Å². The monoisotopic (exact) mass is 341 g/mol. The third-order valence-corrected chi connectivity index (χ3v) is 3.84. The Labute approximate surface area is 149 Å². The van der Waals surface area contributed by atoms with E-state index in [1.165, 1.54) is 0 Å².